The lowest BCUT2D eigenvalue weighted by molar-refractivity contribution is -0.296. The van der Waals surface area contributed by atoms with Gasteiger partial charge in [0, 0.05) is 12.3 Å². The second-order valence-corrected chi connectivity index (χ2v) is 17.1. The standard InChI is InChI=1S/C25H41F3O3Si/c1-16(29)30-18-9-12-22(2)17(15-18)7-8-19-20(22)10-13-23(3)21(19)11-14-24(23,25(26,27)28)31-32(4,5)6/h17-21H,7-15H2,1-6H3/t17-,18-,19+,20-,21-,22-,23-,24-/m0/s1. The molecule has 4 rings (SSSR count). The number of esters is 1. The van der Waals surface area contributed by atoms with E-state index in [2.05, 4.69) is 6.92 Å². The predicted molar refractivity (Wildman–Crippen MR) is 120 cm³/mol. The van der Waals surface area contributed by atoms with Gasteiger partial charge in [-0.25, -0.2) is 0 Å². The van der Waals surface area contributed by atoms with E-state index in [9.17, 15) is 18.0 Å². The van der Waals surface area contributed by atoms with E-state index in [1.807, 2.05) is 26.6 Å². The molecular weight excluding hydrogens is 433 g/mol. The fourth-order valence-corrected chi connectivity index (χ4v) is 10.3. The van der Waals surface area contributed by atoms with E-state index < -0.39 is 25.5 Å². The van der Waals surface area contributed by atoms with E-state index in [1.54, 1.807) is 0 Å². The summed E-state index contributed by atoms with van der Waals surface area (Å²) in [7, 11) is -2.40. The molecular formula is C25H41F3O3Si. The monoisotopic (exact) mass is 474 g/mol. The molecule has 0 aromatic heterocycles. The maximum absolute atomic E-state index is 14.7. The maximum Gasteiger partial charge on any atom is 0.416 e. The van der Waals surface area contributed by atoms with E-state index >= 15 is 0 Å². The molecule has 0 aliphatic heterocycles. The molecule has 0 spiro atoms. The Labute approximate surface area is 192 Å². The molecule has 7 heteroatoms. The normalized spacial score (nSPS) is 46.7. The molecule has 4 aliphatic rings. The minimum atomic E-state index is -4.34. The number of rotatable bonds is 3. The third-order valence-corrected chi connectivity index (χ3v) is 11.0. The average Bonchev–Trinajstić information content (AvgIpc) is 2.93. The Bertz CT molecular complexity index is 750. The van der Waals surface area contributed by atoms with Gasteiger partial charge in [-0.15, -0.1) is 0 Å². The number of ether oxygens (including phenoxy) is 1. The lowest BCUT2D eigenvalue weighted by atomic mass is 9.44. The summed E-state index contributed by atoms with van der Waals surface area (Å²) in [6, 6.07) is 0. The minimum absolute atomic E-state index is 0.00508. The molecule has 32 heavy (non-hydrogen) atoms. The largest absolute Gasteiger partial charge is 0.463 e. The minimum Gasteiger partial charge on any atom is -0.463 e. The first-order valence-corrected chi connectivity index (χ1v) is 16.0. The summed E-state index contributed by atoms with van der Waals surface area (Å²) in [5, 5.41) is 0. The van der Waals surface area contributed by atoms with Gasteiger partial charge < -0.3 is 9.16 Å². The molecule has 0 amide bonds. The van der Waals surface area contributed by atoms with Crippen LogP contribution in [0.25, 0.3) is 0 Å². The molecule has 0 aromatic carbocycles. The van der Waals surface area contributed by atoms with Crippen LogP contribution in [0.3, 0.4) is 0 Å². The van der Waals surface area contributed by atoms with Gasteiger partial charge in [0.05, 0.1) is 0 Å². The molecule has 0 bridgehead atoms. The van der Waals surface area contributed by atoms with E-state index in [0.717, 1.165) is 38.5 Å². The Kier molecular flexibility index (Phi) is 5.93. The van der Waals surface area contributed by atoms with Crippen LogP contribution in [0.1, 0.15) is 78.6 Å². The first-order chi connectivity index (χ1) is 14.6. The van der Waals surface area contributed by atoms with Gasteiger partial charge in [0.25, 0.3) is 0 Å². The van der Waals surface area contributed by atoms with Gasteiger partial charge in [-0.3, -0.25) is 4.79 Å². The number of alkyl halides is 3. The molecule has 0 radical (unpaired) electrons. The van der Waals surface area contributed by atoms with Gasteiger partial charge in [-0.1, -0.05) is 13.8 Å². The highest BCUT2D eigenvalue weighted by Gasteiger charge is 2.74. The third-order valence-electron chi connectivity index (χ3n) is 10.0. The number of carbonyl (C=O) groups is 1. The smallest absolute Gasteiger partial charge is 0.416 e. The molecule has 0 N–H and O–H groups in total. The van der Waals surface area contributed by atoms with Crippen molar-refractivity contribution in [3.63, 3.8) is 0 Å². The average molecular weight is 475 g/mol. The summed E-state index contributed by atoms with van der Waals surface area (Å²) < 4.78 is 55.9. The fourth-order valence-electron chi connectivity index (χ4n) is 8.77. The number of hydrogen-bond donors (Lipinski definition) is 0. The van der Waals surface area contributed by atoms with Crippen molar-refractivity contribution in [2.24, 2.45) is 34.5 Å². The topological polar surface area (TPSA) is 35.5 Å². The molecule has 4 saturated carbocycles. The van der Waals surface area contributed by atoms with E-state index in [1.165, 1.54) is 6.92 Å². The molecule has 0 aromatic rings. The second-order valence-electron chi connectivity index (χ2n) is 12.7. The third kappa shape index (κ3) is 3.68. The Hall–Kier alpha value is -0.563. The first kappa shape index (κ1) is 24.6. The second kappa shape index (κ2) is 7.72. The van der Waals surface area contributed by atoms with E-state index in [4.69, 9.17) is 9.16 Å². The Morgan fingerprint density at radius 3 is 2.19 bits per heavy atom. The van der Waals surface area contributed by atoms with Crippen LogP contribution in [0, 0.1) is 34.5 Å². The van der Waals surface area contributed by atoms with Crippen LogP contribution in [0.5, 0.6) is 0 Å². The van der Waals surface area contributed by atoms with Crippen LogP contribution < -0.4 is 0 Å². The van der Waals surface area contributed by atoms with Crippen molar-refractivity contribution in [3.05, 3.63) is 0 Å². The highest BCUT2D eigenvalue weighted by atomic mass is 28.4. The van der Waals surface area contributed by atoms with Crippen molar-refractivity contribution in [2.75, 3.05) is 0 Å². The molecule has 8 atom stereocenters. The van der Waals surface area contributed by atoms with Crippen molar-refractivity contribution in [3.8, 4) is 0 Å². The molecule has 0 saturated heterocycles. The predicted octanol–water partition coefficient (Wildman–Crippen LogP) is 7.11. The zero-order chi connectivity index (χ0) is 23.7. The quantitative estimate of drug-likeness (QED) is 0.323. The number of halogens is 3. The molecule has 4 aliphatic carbocycles. The first-order valence-electron chi connectivity index (χ1n) is 12.6. The van der Waals surface area contributed by atoms with Gasteiger partial charge in [0.15, 0.2) is 13.9 Å². The van der Waals surface area contributed by atoms with Crippen molar-refractivity contribution >= 4 is 14.3 Å². The highest BCUT2D eigenvalue weighted by Crippen LogP contribution is 2.71. The van der Waals surface area contributed by atoms with Crippen LogP contribution in [0.15, 0.2) is 0 Å². The van der Waals surface area contributed by atoms with Crippen LogP contribution in [0.2, 0.25) is 19.6 Å². The SMILES string of the molecule is CC(=O)O[C@H]1CC[C@@]2(C)[C@@H](CC[C@@H]3[C@@H]2CC[C@@]2(C)[C@H]3CC[C@@]2(O[Si](C)(C)C)C(F)(F)F)C1. The van der Waals surface area contributed by atoms with Crippen molar-refractivity contribution in [1.29, 1.82) is 0 Å². The van der Waals surface area contributed by atoms with Gasteiger partial charge in [-0.2, -0.15) is 13.2 Å². The number of carbonyl (C=O) groups excluding carboxylic acids is 1. The van der Waals surface area contributed by atoms with Crippen molar-refractivity contribution < 1.29 is 27.1 Å². The summed E-state index contributed by atoms with van der Waals surface area (Å²) in [4.78, 5) is 11.5. The number of hydrogen-bond acceptors (Lipinski definition) is 3. The zero-order valence-electron chi connectivity index (χ0n) is 20.6. The zero-order valence-corrected chi connectivity index (χ0v) is 21.6. The van der Waals surface area contributed by atoms with Gasteiger partial charge in [0.2, 0.25) is 0 Å². The maximum atomic E-state index is 14.7. The van der Waals surface area contributed by atoms with Crippen molar-refractivity contribution in [2.45, 2.75) is 116 Å². The molecule has 4 fully saturated rings. The lowest BCUT2D eigenvalue weighted by Crippen LogP contribution is -2.64. The lowest BCUT2D eigenvalue weighted by Gasteiger charge is -2.62. The summed E-state index contributed by atoms with van der Waals surface area (Å²) >= 11 is 0. The molecule has 0 unspecified atom stereocenters. The van der Waals surface area contributed by atoms with Gasteiger partial charge in [0.1, 0.15) is 6.10 Å². The van der Waals surface area contributed by atoms with Crippen molar-refractivity contribution in [1.82, 2.24) is 0 Å². The van der Waals surface area contributed by atoms with Crippen LogP contribution in [-0.4, -0.2) is 32.2 Å². The summed E-state index contributed by atoms with van der Waals surface area (Å²) in [5.41, 5.74) is -2.69. The summed E-state index contributed by atoms with van der Waals surface area (Å²) in [6.07, 6.45) is 2.69. The van der Waals surface area contributed by atoms with Crippen LogP contribution >= 0.6 is 0 Å². The highest BCUT2D eigenvalue weighted by molar-refractivity contribution is 6.69. The fraction of sp³-hybridized carbons (Fsp3) is 0.960. The van der Waals surface area contributed by atoms with E-state index in [0.29, 0.717) is 30.6 Å². The van der Waals surface area contributed by atoms with Gasteiger partial charge in [-0.05, 0) is 107 Å². The van der Waals surface area contributed by atoms with E-state index in [-0.39, 0.29) is 29.8 Å². The molecule has 3 nitrogen and oxygen atoms in total. The Morgan fingerprint density at radius 1 is 0.938 bits per heavy atom. The number of fused-ring (bicyclic) bond motifs is 5. The Balaban J connectivity index is 1.61. The van der Waals surface area contributed by atoms with Gasteiger partial charge >= 0.3 is 12.1 Å². The Morgan fingerprint density at radius 2 is 1.59 bits per heavy atom. The summed E-state index contributed by atoms with van der Waals surface area (Å²) in [5.74, 6) is 1.17. The molecule has 0 heterocycles. The van der Waals surface area contributed by atoms with Crippen LogP contribution in [-0.2, 0) is 14.0 Å². The molecule has 184 valence electrons. The summed E-state index contributed by atoms with van der Waals surface area (Å²) in [6.45, 7) is 11.4. The van der Waals surface area contributed by atoms with Crippen LogP contribution in [0.4, 0.5) is 13.2 Å².